The van der Waals surface area contributed by atoms with Crippen LogP contribution >= 0.6 is 0 Å². The summed E-state index contributed by atoms with van der Waals surface area (Å²) >= 11 is 0. The van der Waals surface area contributed by atoms with E-state index in [1.165, 1.54) is 10.2 Å². The van der Waals surface area contributed by atoms with E-state index in [2.05, 4.69) is 39.6 Å². The van der Waals surface area contributed by atoms with Crippen LogP contribution in [0.3, 0.4) is 0 Å². The Morgan fingerprint density at radius 1 is 1.04 bits per heavy atom. The van der Waals surface area contributed by atoms with Gasteiger partial charge in [0, 0.05) is 31.1 Å². The van der Waals surface area contributed by atoms with E-state index in [-0.39, 0.29) is 24.1 Å². The van der Waals surface area contributed by atoms with Crippen LogP contribution in [0.5, 0.6) is 0 Å². The molecule has 1 saturated heterocycles. The van der Waals surface area contributed by atoms with Gasteiger partial charge in [-0.1, -0.05) is 48.5 Å². The van der Waals surface area contributed by atoms with Crippen LogP contribution in [0.1, 0.15) is 18.4 Å². The molecule has 1 amide bonds. The summed E-state index contributed by atoms with van der Waals surface area (Å²) in [6, 6.07) is 17.9. The Morgan fingerprint density at radius 2 is 1.75 bits per heavy atom. The molecule has 0 saturated carbocycles. The molecule has 2 heterocycles. The molecule has 1 N–H and O–H groups in total. The van der Waals surface area contributed by atoms with Crippen LogP contribution in [-0.2, 0) is 17.9 Å². The largest absolute Gasteiger partial charge is 0.352 e. The second-order valence-electron chi connectivity index (χ2n) is 7.30. The van der Waals surface area contributed by atoms with Gasteiger partial charge in [0.1, 0.15) is 6.54 Å². The highest BCUT2D eigenvalue weighted by Gasteiger charge is 2.21. The van der Waals surface area contributed by atoms with Gasteiger partial charge in [0.05, 0.1) is 11.6 Å². The van der Waals surface area contributed by atoms with Crippen LogP contribution in [0, 0.1) is 0 Å². The summed E-state index contributed by atoms with van der Waals surface area (Å²) in [4.78, 5) is 27.3. The minimum absolute atomic E-state index is 0.0477. The first kappa shape index (κ1) is 18.4. The van der Waals surface area contributed by atoms with Gasteiger partial charge in [-0.2, -0.15) is 5.10 Å². The van der Waals surface area contributed by atoms with E-state index in [9.17, 15) is 9.59 Å². The average molecular weight is 376 g/mol. The van der Waals surface area contributed by atoms with E-state index in [0.29, 0.717) is 5.39 Å². The Labute approximate surface area is 163 Å². The maximum Gasteiger partial charge on any atom is 0.275 e. The summed E-state index contributed by atoms with van der Waals surface area (Å²) in [5.41, 5.74) is 1.08. The standard InChI is InChI=1S/C22H24N4O2/c27-21(16-26-22(28)20-9-5-4-8-18(20)14-23-26)24-19-10-12-25(13-11-19)15-17-6-2-1-3-7-17/h1-9,14,19H,10-13,15-16H2,(H,24,27). The molecule has 0 bridgehead atoms. The molecular formula is C22H24N4O2. The number of hydrogen-bond donors (Lipinski definition) is 1. The van der Waals surface area contributed by atoms with Gasteiger partial charge in [-0.25, -0.2) is 4.68 Å². The number of nitrogens with one attached hydrogen (secondary N) is 1. The number of fused-ring (bicyclic) bond motifs is 1. The van der Waals surface area contributed by atoms with Gasteiger partial charge in [-0.3, -0.25) is 14.5 Å². The molecule has 1 aliphatic rings. The summed E-state index contributed by atoms with van der Waals surface area (Å²) in [6.07, 6.45) is 3.46. The minimum atomic E-state index is -0.231. The van der Waals surface area contributed by atoms with Crippen LogP contribution in [0.2, 0.25) is 0 Å². The van der Waals surface area contributed by atoms with Crippen LogP contribution in [0.25, 0.3) is 10.8 Å². The summed E-state index contributed by atoms with van der Waals surface area (Å²) in [6.45, 7) is 2.80. The highest BCUT2D eigenvalue weighted by molar-refractivity contribution is 5.81. The Balaban J connectivity index is 1.30. The number of nitrogens with zero attached hydrogens (tertiary/aromatic N) is 3. The average Bonchev–Trinajstić information content (AvgIpc) is 2.72. The highest BCUT2D eigenvalue weighted by Crippen LogP contribution is 2.14. The van der Waals surface area contributed by atoms with Gasteiger partial charge < -0.3 is 5.32 Å². The lowest BCUT2D eigenvalue weighted by molar-refractivity contribution is -0.122. The van der Waals surface area contributed by atoms with Crippen molar-refractivity contribution in [2.45, 2.75) is 32.0 Å². The number of carbonyl (C=O) groups excluding carboxylic acids is 1. The number of carbonyl (C=O) groups is 1. The van der Waals surface area contributed by atoms with Crippen LogP contribution < -0.4 is 10.9 Å². The van der Waals surface area contributed by atoms with Crippen molar-refractivity contribution in [3.05, 3.63) is 76.7 Å². The molecule has 1 aliphatic heterocycles. The minimum Gasteiger partial charge on any atom is -0.352 e. The van der Waals surface area contributed by atoms with E-state index in [1.807, 2.05) is 24.3 Å². The Hall–Kier alpha value is -2.99. The van der Waals surface area contributed by atoms with Gasteiger partial charge in [-0.15, -0.1) is 0 Å². The fourth-order valence-corrected chi connectivity index (χ4v) is 3.73. The van der Waals surface area contributed by atoms with E-state index in [0.717, 1.165) is 37.9 Å². The molecule has 0 radical (unpaired) electrons. The molecule has 4 rings (SSSR count). The number of benzene rings is 2. The normalized spacial score (nSPS) is 15.6. The Morgan fingerprint density at radius 3 is 2.54 bits per heavy atom. The predicted octanol–water partition coefficient (Wildman–Crippen LogP) is 2.18. The topological polar surface area (TPSA) is 67.2 Å². The zero-order valence-electron chi connectivity index (χ0n) is 15.8. The highest BCUT2D eigenvalue weighted by atomic mass is 16.2. The summed E-state index contributed by atoms with van der Waals surface area (Å²) in [7, 11) is 0. The Kier molecular flexibility index (Phi) is 5.48. The first-order chi connectivity index (χ1) is 13.7. The molecule has 1 aromatic heterocycles. The SMILES string of the molecule is O=C(Cn1ncc2ccccc2c1=O)NC1CCN(Cc2ccccc2)CC1. The number of rotatable bonds is 5. The van der Waals surface area contributed by atoms with Crippen LogP contribution in [0.15, 0.2) is 65.6 Å². The van der Waals surface area contributed by atoms with E-state index in [4.69, 9.17) is 0 Å². The van der Waals surface area contributed by atoms with Crippen LogP contribution in [-0.4, -0.2) is 39.7 Å². The van der Waals surface area contributed by atoms with Gasteiger partial charge in [-0.05, 0) is 24.5 Å². The van der Waals surface area contributed by atoms with Gasteiger partial charge in [0.25, 0.3) is 5.56 Å². The lowest BCUT2D eigenvalue weighted by atomic mass is 10.0. The van der Waals surface area contributed by atoms with E-state index >= 15 is 0 Å². The van der Waals surface area contributed by atoms with E-state index in [1.54, 1.807) is 12.3 Å². The number of piperidine rings is 1. The molecule has 6 nitrogen and oxygen atoms in total. The summed E-state index contributed by atoms with van der Waals surface area (Å²) < 4.78 is 1.24. The second-order valence-corrected chi connectivity index (χ2v) is 7.30. The molecule has 3 aromatic rings. The lowest BCUT2D eigenvalue weighted by Crippen LogP contribution is -2.46. The van der Waals surface area contributed by atoms with E-state index < -0.39 is 0 Å². The zero-order valence-corrected chi connectivity index (χ0v) is 15.8. The van der Waals surface area contributed by atoms with Crippen molar-refractivity contribution < 1.29 is 4.79 Å². The fourth-order valence-electron chi connectivity index (χ4n) is 3.73. The van der Waals surface area contributed by atoms with Crippen molar-refractivity contribution in [1.29, 1.82) is 0 Å². The maximum atomic E-state index is 12.5. The zero-order chi connectivity index (χ0) is 19.3. The molecule has 144 valence electrons. The monoisotopic (exact) mass is 376 g/mol. The fraction of sp³-hybridized carbons (Fsp3) is 0.318. The molecule has 28 heavy (non-hydrogen) atoms. The first-order valence-electron chi connectivity index (χ1n) is 9.69. The number of amides is 1. The third kappa shape index (κ3) is 4.28. The molecule has 0 atom stereocenters. The smallest absolute Gasteiger partial charge is 0.275 e. The molecule has 6 heteroatoms. The van der Waals surface area contributed by atoms with Gasteiger partial charge in [0.2, 0.25) is 5.91 Å². The third-order valence-electron chi connectivity index (χ3n) is 5.26. The van der Waals surface area contributed by atoms with Crippen molar-refractivity contribution in [2.24, 2.45) is 0 Å². The van der Waals surface area contributed by atoms with Crippen molar-refractivity contribution in [3.63, 3.8) is 0 Å². The van der Waals surface area contributed by atoms with Crippen molar-refractivity contribution >= 4 is 16.7 Å². The molecule has 0 unspecified atom stereocenters. The molecular weight excluding hydrogens is 352 g/mol. The number of likely N-dealkylation sites (tertiary alicyclic amines) is 1. The van der Waals surface area contributed by atoms with Crippen LogP contribution in [0.4, 0.5) is 0 Å². The maximum absolute atomic E-state index is 12.5. The quantitative estimate of drug-likeness (QED) is 0.741. The third-order valence-corrected chi connectivity index (χ3v) is 5.26. The molecule has 2 aromatic carbocycles. The first-order valence-corrected chi connectivity index (χ1v) is 9.69. The Bertz CT molecular complexity index is 1010. The predicted molar refractivity (Wildman–Crippen MR) is 109 cm³/mol. The van der Waals surface area contributed by atoms with Gasteiger partial charge >= 0.3 is 0 Å². The molecule has 1 fully saturated rings. The second kappa shape index (κ2) is 8.35. The molecule has 0 aliphatic carbocycles. The number of aromatic nitrogens is 2. The van der Waals surface area contributed by atoms with Gasteiger partial charge in [0.15, 0.2) is 0 Å². The summed E-state index contributed by atoms with van der Waals surface area (Å²) in [5.74, 6) is -0.161. The van der Waals surface area contributed by atoms with Crippen molar-refractivity contribution in [3.8, 4) is 0 Å². The van der Waals surface area contributed by atoms with Crippen molar-refractivity contribution in [1.82, 2.24) is 20.0 Å². The molecule has 0 spiro atoms. The number of hydrogen-bond acceptors (Lipinski definition) is 4. The van der Waals surface area contributed by atoms with Crippen molar-refractivity contribution in [2.75, 3.05) is 13.1 Å². The summed E-state index contributed by atoms with van der Waals surface area (Å²) in [5, 5.41) is 8.57. The lowest BCUT2D eigenvalue weighted by Gasteiger charge is -2.32.